The van der Waals surface area contributed by atoms with Gasteiger partial charge in [-0.05, 0) is 37.3 Å². The number of nitrogens with one attached hydrogen (secondary N) is 2. The molecular formula is C18H20ClN5O2. The molecule has 8 heteroatoms. The lowest BCUT2D eigenvalue weighted by Gasteiger charge is -2.34. The van der Waals surface area contributed by atoms with Crippen LogP contribution < -0.4 is 10.6 Å². The van der Waals surface area contributed by atoms with Gasteiger partial charge in [-0.2, -0.15) is 0 Å². The van der Waals surface area contributed by atoms with Gasteiger partial charge in [0.15, 0.2) is 0 Å². The van der Waals surface area contributed by atoms with Crippen LogP contribution in [0.3, 0.4) is 0 Å². The number of carbonyl (C=O) groups is 2. The maximum Gasteiger partial charge on any atom is 0.322 e. The van der Waals surface area contributed by atoms with Crippen molar-refractivity contribution < 1.29 is 9.59 Å². The van der Waals surface area contributed by atoms with E-state index in [1.54, 1.807) is 46.3 Å². The zero-order valence-electron chi connectivity index (χ0n) is 14.4. The molecule has 1 aromatic carbocycles. The van der Waals surface area contributed by atoms with Crippen LogP contribution >= 0.6 is 11.6 Å². The molecule has 0 atom stereocenters. The molecule has 26 heavy (non-hydrogen) atoms. The van der Waals surface area contributed by atoms with Crippen LogP contribution in [0, 0.1) is 6.92 Å². The van der Waals surface area contributed by atoms with Gasteiger partial charge in [0.2, 0.25) is 0 Å². The predicted molar refractivity (Wildman–Crippen MR) is 102 cm³/mol. The summed E-state index contributed by atoms with van der Waals surface area (Å²) in [6.07, 6.45) is 1.68. The van der Waals surface area contributed by atoms with Crippen molar-refractivity contribution in [1.82, 2.24) is 14.8 Å². The molecule has 2 aromatic rings. The van der Waals surface area contributed by atoms with Gasteiger partial charge < -0.3 is 20.4 Å². The third-order valence-corrected chi connectivity index (χ3v) is 4.41. The van der Waals surface area contributed by atoms with Crippen molar-refractivity contribution in [3.8, 4) is 0 Å². The van der Waals surface area contributed by atoms with E-state index in [2.05, 4.69) is 15.6 Å². The van der Waals surface area contributed by atoms with Crippen molar-refractivity contribution in [2.24, 2.45) is 0 Å². The number of piperazine rings is 1. The van der Waals surface area contributed by atoms with Gasteiger partial charge in [-0.25, -0.2) is 9.59 Å². The molecule has 1 fully saturated rings. The first-order valence-electron chi connectivity index (χ1n) is 8.32. The van der Waals surface area contributed by atoms with Crippen LogP contribution in [0.4, 0.5) is 21.0 Å². The molecule has 3 rings (SSSR count). The lowest BCUT2D eigenvalue weighted by Crippen LogP contribution is -2.52. The van der Waals surface area contributed by atoms with Crippen LogP contribution in [0.25, 0.3) is 0 Å². The highest BCUT2D eigenvalue weighted by molar-refractivity contribution is 6.30. The predicted octanol–water partition coefficient (Wildman–Crippen LogP) is 3.43. The van der Waals surface area contributed by atoms with Gasteiger partial charge in [-0.1, -0.05) is 17.7 Å². The second kappa shape index (κ2) is 8.05. The number of pyridine rings is 1. The van der Waals surface area contributed by atoms with E-state index >= 15 is 0 Å². The van der Waals surface area contributed by atoms with Crippen molar-refractivity contribution in [3.05, 3.63) is 53.3 Å². The summed E-state index contributed by atoms with van der Waals surface area (Å²) in [5.41, 5.74) is 2.11. The number of urea groups is 2. The summed E-state index contributed by atoms with van der Waals surface area (Å²) < 4.78 is 0. The van der Waals surface area contributed by atoms with E-state index < -0.39 is 0 Å². The normalized spacial score (nSPS) is 14.1. The molecule has 136 valence electrons. The molecule has 4 amide bonds. The van der Waals surface area contributed by atoms with Gasteiger partial charge >= 0.3 is 12.1 Å². The Balaban J connectivity index is 1.51. The Morgan fingerprint density at radius 2 is 1.65 bits per heavy atom. The summed E-state index contributed by atoms with van der Waals surface area (Å²) in [5, 5.41) is 6.24. The number of benzene rings is 1. The van der Waals surface area contributed by atoms with Crippen molar-refractivity contribution in [2.75, 3.05) is 36.8 Å². The van der Waals surface area contributed by atoms with Crippen molar-refractivity contribution in [2.45, 2.75) is 6.92 Å². The van der Waals surface area contributed by atoms with E-state index in [1.807, 2.05) is 13.0 Å². The topological polar surface area (TPSA) is 77.6 Å². The lowest BCUT2D eigenvalue weighted by atomic mass is 10.3. The Labute approximate surface area is 157 Å². The largest absolute Gasteiger partial charge is 0.322 e. The molecule has 7 nitrogen and oxygen atoms in total. The lowest BCUT2D eigenvalue weighted by molar-refractivity contribution is 0.156. The van der Waals surface area contributed by atoms with E-state index in [-0.39, 0.29) is 12.1 Å². The summed E-state index contributed by atoms with van der Waals surface area (Å²) >= 11 is 5.93. The van der Waals surface area contributed by atoms with Gasteiger partial charge in [0, 0.05) is 43.1 Å². The second-order valence-electron chi connectivity index (χ2n) is 5.98. The average molecular weight is 374 g/mol. The molecular weight excluding hydrogens is 354 g/mol. The van der Waals surface area contributed by atoms with Crippen molar-refractivity contribution in [1.29, 1.82) is 0 Å². The van der Waals surface area contributed by atoms with E-state index in [1.165, 1.54) is 0 Å². The zero-order valence-corrected chi connectivity index (χ0v) is 15.2. The van der Waals surface area contributed by atoms with Crippen molar-refractivity contribution >= 4 is 35.0 Å². The summed E-state index contributed by atoms with van der Waals surface area (Å²) in [5.74, 6) is 0. The van der Waals surface area contributed by atoms with Gasteiger partial charge in [0.25, 0.3) is 0 Å². The Hall–Kier alpha value is -2.80. The molecule has 1 saturated heterocycles. The summed E-state index contributed by atoms with van der Waals surface area (Å²) in [7, 11) is 0. The Morgan fingerprint density at radius 3 is 2.27 bits per heavy atom. The third-order valence-electron chi connectivity index (χ3n) is 4.18. The van der Waals surface area contributed by atoms with E-state index in [0.29, 0.717) is 42.6 Å². The maximum atomic E-state index is 12.4. The van der Waals surface area contributed by atoms with Gasteiger partial charge in [0.05, 0.1) is 11.4 Å². The van der Waals surface area contributed by atoms with Crippen molar-refractivity contribution in [3.63, 3.8) is 0 Å². The molecule has 1 aromatic heterocycles. The number of nitrogens with zero attached hydrogens (tertiary/aromatic N) is 3. The Bertz CT molecular complexity index is 806. The Kier molecular flexibility index (Phi) is 5.58. The van der Waals surface area contributed by atoms with Crippen LogP contribution in [-0.2, 0) is 0 Å². The number of carbonyl (C=O) groups excluding carboxylic acids is 2. The minimum Gasteiger partial charge on any atom is -0.321 e. The summed E-state index contributed by atoms with van der Waals surface area (Å²) in [6.45, 7) is 3.70. The highest BCUT2D eigenvalue weighted by Gasteiger charge is 2.24. The van der Waals surface area contributed by atoms with Crippen LogP contribution in [0.1, 0.15) is 5.69 Å². The van der Waals surface area contributed by atoms with Crippen LogP contribution in [0.2, 0.25) is 5.02 Å². The van der Waals surface area contributed by atoms with E-state index in [9.17, 15) is 9.59 Å². The van der Waals surface area contributed by atoms with Crippen LogP contribution in [0.15, 0.2) is 42.6 Å². The van der Waals surface area contributed by atoms with Crippen LogP contribution in [0.5, 0.6) is 0 Å². The molecule has 0 bridgehead atoms. The average Bonchev–Trinajstić information content (AvgIpc) is 2.64. The number of rotatable bonds is 2. The Morgan fingerprint density at radius 1 is 1.00 bits per heavy atom. The standard InChI is InChI=1S/C18H20ClN5O2/c1-13-16(6-3-7-20-13)22-18(26)24-10-8-23(9-11-24)17(25)21-15-5-2-4-14(19)12-15/h2-7,12H,8-11H2,1H3,(H,21,25)(H,22,26). The first-order chi connectivity index (χ1) is 12.5. The fourth-order valence-electron chi connectivity index (χ4n) is 2.69. The summed E-state index contributed by atoms with van der Waals surface area (Å²) in [4.78, 5) is 32.2. The first-order valence-corrected chi connectivity index (χ1v) is 8.70. The highest BCUT2D eigenvalue weighted by atomic mass is 35.5. The minimum atomic E-state index is -0.199. The molecule has 0 radical (unpaired) electrons. The number of halogens is 1. The first kappa shape index (κ1) is 18.0. The smallest absolute Gasteiger partial charge is 0.321 e. The maximum absolute atomic E-state index is 12.4. The molecule has 1 aliphatic rings. The SMILES string of the molecule is Cc1ncccc1NC(=O)N1CCN(C(=O)Nc2cccc(Cl)c2)CC1. The summed E-state index contributed by atoms with van der Waals surface area (Å²) in [6, 6.07) is 10.2. The molecule has 0 saturated carbocycles. The highest BCUT2D eigenvalue weighted by Crippen LogP contribution is 2.16. The fraction of sp³-hybridized carbons (Fsp3) is 0.278. The third kappa shape index (κ3) is 4.43. The molecule has 0 unspecified atom stereocenters. The number of hydrogen-bond acceptors (Lipinski definition) is 3. The molecule has 2 N–H and O–H groups in total. The van der Waals surface area contributed by atoms with Gasteiger partial charge in [-0.15, -0.1) is 0 Å². The monoisotopic (exact) mass is 373 g/mol. The quantitative estimate of drug-likeness (QED) is 0.846. The van der Waals surface area contributed by atoms with Gasteiger partial charge in [0.1, 0.15) is 0 Å². The number of aryl methyl sites for hydroxylation is 1. The molecule has 0 spiro atoms. The molecule has 1 aliphatic heterocycles. The number of aromatic nitrogens is 1. The van der Waals surface area contributed by atoms with E-state index in [0.717, 1.165) is 5.69 Å². The number of hydrogen-bond donors (Lipinski definition) is 2. The second-order valence-corrected chi connectivity index (χ2v) is 6.42. The van der Waals surface area contributed by atoms with Crippen LogP contribution in [-0.4, -0.2) is 53.0 Å². The minimum absolute atomic E-state index is 0.184. The van der Waals surface area contributed by atoms with Gasteiger partial charge in [-0.3, -0.25) is 4.98 Å². The molecule has 2 heterocycles. The zero-order chi connectivity index (χ0) is 18.5. The fourth-order valence-corrected chi connectivity index (χ4v) is 2.88. The number of anilines is 2. The van der Waals surface area contributed by atoms with E-state index in [4.69, 9.17) is 11.6 Å². The molecule has 0 aliphatic carbocycles. The number of amides is 4.